The maximum absolute atomic E-state index is 4.03. The lowest BCUT2D eigenvalue weighted by Gasteiger charge is -2.39. The lowest BCUT2D eigenvalue weighted by molar-refractivity contribution is 0.748. The molecule has 0 N–H and O–H groups in total. The average Bonchev–Trinajstić information content (AvgIpc) is 3.52. The Morgan fingerprint density at radius 3 is 1.60 bits per heavy atom. The molecule has 0 radical (unpaired) electrons. The smallest absolute Gasteiger partial charge is 0.0755 e. The molecule has 0 saturated carbocycles. The van der Waals surface area contributed by atoms with E-state index in [0.717, 1.165) is 8.95 Å². The Kier molecular flexibility index (Phi) is 4.46. The largest absolute Gasteiger partial charge is 0.309 e. The molecule has 0 saturated heterocycles. The van der Waals surface area contributed by atoms with Gasteiger partial charge in [0, 0.05) is 19.7 Å². The van der Waals surface area contributed by atoms with E-state index in [1.54, 1.807) is 0 Å². The third-order valence-electron chi connectivity index (χ3n) is 9.69. The third kappa shape index (κ3) is 2.58. The summed E-state index contributed by atoms with van der Waals surface area (Å²) < 4.78 is 4.76. The highest BCUT2D eigenvalue weighted by Crippen LogP contribution is 2.64. The summed E-state index contributed by atoms with van der Waals surface area (Å²) in [5.74, 6) is 0. The molecule has 0 unspecified atom stereocenters. The van der Waals surface area contributed by atoms with Crippen LogP contribution in [0.15, 0.2) is 136 Å². The van der Waals surface area contributed by atoms with E-state index < -0.39 is 5.41 Å². The molecule has 1 nitrogen and oxygen atoms in total. The Morgan fingerprint density at radius 1 is 0.429 bits per heavy atom. The Morgan fingerprint density at radius 2 is 0.929 bits per heavy atom. The first-order valence-electron chi connectivity index (χ1n) is 14.3. The highest BCUT2D eigenvalue weighted by Gasteiger charge is 2.52. The van der Waals surface area contributed by atoms with Gasteiger partial charge >= 0.3 is 0 Å². The van der Waals surface area contributed by atoms with Crippen LogP contribution in [0.1, 0.15) is 22.3 Å². The summed E-state index contributed by atoms with van der Waals surface area (Å²) in [6.45, 7) is 0. The second-order valence-electron chi connectivity index (χ2n) is 11.5. The molecule has 0 amide bonds. The van der Waals surface area contributed by atoms with Gasteiger partial charge in [0.25, 0.3) is 0 Å². The van der Waals surface area contributed by atoms with Crippen molar-refractivity contribution in [3.8, 4) is 16.8 Å². The normalized spacial score (nSPS) is 14.1. The monoisotopic (exact) mass is 661 g/mol. The van der Waals surface area contributed by atoms with Gasteiger partial charge in [0.1, 0.15) is 0 Å². The first-order chi connectivity index (χ1) is 20.7. The molecule has 10 rings (SSSR count). The number of hydrogen-bond acceptors (Lipinski definition) is 0. The number of nitrogens with zero attached hydrogens (tertiary/aromatic N) is 1. The zero-order chi connectivity index (χ0) is 27.7. The van der Waals surface area contributed by atoms with E-state index in [4.69, 9.17) is 0 Å². The summed E-state index contributed by atoms with van der Waals surface area (Å²) >= 11 is 8.06. The summed E-state index contributed by atoms with van der Waals surface area (Å²) in [6.07, 6.45) is 0. The zero-order valence-electron chi connectivity index (χ0n) is 22.3. The van der Waals surface area contributed by atoms with E-state index >= 15 is 0 Å². The van der Waals surface area contributed by atoms with E-state index in [1.165, 1.54) is 82.4 Å². The molecule has 1 aliphatic heterocycles. The van der Waals surface area contributed by atoms with Crippen LogP contribution in [-0.4, -0.2) is 4.57 Å². The molecule has 3 heteroatoms. The van der Waals surface area contributed by atoms with Gasteiger partial charge in [-0.15, -0.1) is 0 Å². The van der Waals surface area contributed by atoms with Crippen LogP contribution in [-0.2, 0) is 5.41 Å². The number of fused-ring (bicyclic) bond motifs is 16. The predicted molar refractivity (Wildman–Crippen MR) is 182 cm³/mol. The van der Waals surface area contributed by atoms with E-state index in [9.17, 15) is 0 Å². The lowest BCUT2D eigenvalue weighted by atomic mass is 9.65. The van der Waals surface area contributed by atoms with Crippen LogP contribution in [0.3, 0.4) is 0 Å². The van der Waals surface area contributed by atoms with Crippen LogP contribution in [0.2, 0.25) is 0 Å². The highest BCUT2D eigenvalue weighted by molar-refractivity contribution is 9.11. The first-order valence-corrected chi connectivity index (χ1v) is 15.8. The van der Waals surface area contributed by atoms with Crippen molar-refractivity contribution in [2.75, 3.05) is 0 Å². The Bertz CT molecular complexity index is 2410. The minimum atomic E-state index is -0.496. The molecule has 0 atom stereocenters. The minimum Gasteiger partial charge on any atom is -0.309 e. The molecule has 42 heavy (non-hydrogen) atoms. The van der Waals surface area contributed by atoms with Gasteiger partial charge in [0.15, 0.2) is 0 Å². The SMILES string of the molecule is Brc1cc2c(c3ccccc13)-c1c(cc(Br)c3ccccc13)C21c2ccccc2-n2c3ccccc3c3cccc1c32. The van der Waals surface area contributed by atoms with Crippen molar-refractivity contribution in [3.63, 3.8) is 0 Å². The second kappa shape index (κ2) is 8.01. The van der Waals surface area contributed by atoms with Gasteiger partial charge in [-0.25, -0.2) is 0 Å². The zero-order valence-corrected chi connectivity index (χ0v) is 25.5. The van der Waals surface area contributed by atoms with Crippen molar-refractivity contribution < 1.29 is 0 Å². The Hall–Kier alpha value is -4.18. The van der Waals surface area contributed by atoms with Crippen LogP contribution in [0, 0.1) is 0 Å². The summed E-state index contributed by atoms with van der Waals surface area (Å²) in [6, 6.07) is 47.3. The molecule has 1 aliphatic carbocycles. The van der Waals surface area contributed by atoms with Crippen LogP contribution in [0.5, 0.6) is 0 Å². The number of aromatic nitrogens is 1. The quantitative estimate of drug-likeness (QED) is 0.152. The van der Waals surface area contributed by atoms with Gasteiger partial charge in [-0.05, 0) is 79.2 Å². The van der Waals surface area contributed by atoms with Gasteiger partial charge in [-0.2, -0.15) is 0 Å². The molecule has 7 aromatic carbocycles. The molecule has 2 aliphatic rings. The molecule has 1 aromatic heterocycles. The molecule has 196 valence electrons. The maximum Gasteiger partial charge on any atom is 0.0755 e. The molecular formula is C39H21Br2N. The molecule has 8 aromatic rings. The fourth-order valence-electron chi connectivity index (χ4n) is 8.22. The van der Waals surface area contributed by atoms with Crippen molar-refractivity contribution in [3.05, 3.63) is 159 Å². The van der Waals surface area contributed by atoms with E-state index in [-0.39, 0.29) is 0 Å². The van der Waals surface area contributed by atoms with Gasteiger partial charge in [0.05, 0.1) is 22.1 Å². The number of halogens is 2. The number of rotatable bonds is 0. The van der Waals surface area contributed by atoms with Crippen molar-refractivity contribution in [1.82, 2.24) is 4.57 Å². The number of hydrogen-bond donors (Lipinski definition) is 0. The van der Waals surface area contributed by atoms with Crippen LogP contribution >= 0.6 is 31.9 Å². The van der Waals surface area contributed by atoms with Gasteiger partial charge in [0.2, 0.25) is 0 Å². The molecule has 0 fully saturated rings. The first kappa shape index (κ1) is 23.4. The summed E-state index contributed by atoms with van der Waals surface area (Å²) in [5.41, 5.74) is 11.3. The summed E-state index contributed by atoms with van der Waals surface area (Å²) in [4.78, 5) is 0. The van der Waals surface area contributed by atoms with Crippen molar-refractivity contribution in [2.24, 2.45) is 0 Å². The van der Waals surface area contributed by atoms with Gasteiger partial charge in [-0.1, -0.05) is 135 Å². The van der Waals surface area contributed by atoms with Crippen molar-refractivity contribution in [2.45, 2.75) is 5.41 Å². The van der Waals surface area contributed by atoms with Crippen LogP contribution < -0.4 is 0 Å². The standard InChI is InChI=1S/C39H21Br2N/c40-32-20-30-36(25-13-3-1-10-22(25)32)37-26-14-4-2-11-23(26)33(41)21-31(37)39(30)28-16-6-8-19-35(28)42-34-18-7-5-12-24(34)27-15-9-17-29(39)38(27)42/h1-21H. The third-order valence-corrected chi connectivity index (χ3v) is 11.0. The Balaban J connectivity index is 1.54. The topological polar surface area (TPSA) is 4.93 Å². The van der Waals surface area contributed by atoms with Crippen molar-refractivity contribution >= 4 is 75.2 Å². The second-order valence-corrected chi connectivity index (χ2v) is 13.2. The van der Waals surface area contributed by atoms with Crippen molar-refractivity contribution in [1.29, 1.82) is 0 Å². The molecule has 0 bridgehead atoms. The highest BCUT2D eigenvalue weighted by atomic mass is 79.9. The number of para-hydroxylation sites is 3. The average molecular weight is 663 g/mol. The van der Waals surface area contributed by atoms with Gasteiger partial charge in [-0.3, -0.25) is 0 Å². The van der Waals surface area contributed by atoms with Crippen LogP contribution in [0.25, 0.3) is 60.2 Å². The number of benzene rings is 7. The van der Waals surface area contributed by atoms with E-state index in [2.05, 4.69) is 164 Å². The molecule has 2 heterocycles. The maximum atomic E-state index is 4.03. The summed E-state index contributed by atoms with van der Waals surface area (Å²) in [5, 5.41) is 7.63. The lowest BCUT2D eigenvalue weighted by Crippen LogP contribution is -2.33. The molecule has 1 spiro atoms. The molecular weight excluding hydrogens is 642 g/mol. The predicted octanol–water partition coefficient (Wildman–Crippen LogP) is 11.3. The minimum absolute atomic E-state index is 0.496. The van der Waals surface area contributed by atoms with Crippen LogP contribution in [0.4, 0.5) is 0 Å². The van der Waals surface area contributed by atoms with E-state index in [0.29, 0.717) is 0 Å². The fourth-order valence-corrected chi connectivity index (χ4v) is 9.37. The van der Waals surface area contributed by atoms with Gasteiger partial charge < -0.3 is 4.57 Å². The van der Waals surface area contributed by atoms with E-state index in [1.807, 2.05) is 0 Å². The summed E-state index contributed by atoms with van der Waals surface area (Å²) in [7, 11) is 0. The Labute approximate surface area is 259 Å². The fraction of sp³-hybridized carbons (Fsp3) is 0.0256.